The molecule has 0 aliphatic heterocycles. The van der Waals surface area contributed by atoms with Gasteiger partial charge in [0, 0.05) is 24.1 Å². The highest BCUT2D eigenvalue weighted by Crippen LogP contribution is 2.19. The van der Waals surface area contributed by atoms with Gasteiger partial charge in [-0.15, -0.1) is 0 Å². The molecule has 0 amide bonds. The van der Waals surface area contributed by atoms with Crippen molar-refractivity contribution in [3.8, 4) is 0 Å². The molecule has 0 fully saturated rings. The summed E-state index contributed by atoms with van der Waals surface area (Å²) in [5, 5.41) is 12.0. The maximum absolute atomic E-state index is 10.6. The van der Waals surface area contributed by atoms with E-state index in [9.17, 15) is 4.79 Å². The fraction of sp³-hybridized carbons (Fsp3) is 0.615. The normalized spacial score (nSPS) is 11.6. The van der Waals surface area contributed by atoms with E-state index in [1.54, 1.807) is 12.3 Å². The molecule has 18 heavy (non-hydrogen) atoms. The van der Waals surface area contributed by atoms with Crippen molar-refractivity contribution in [2.75, 3.05) is 5.32 Å². The van der Waals surface area contributed by atoms with E-state index in [1.165, 1.54) is 0 Å². The van der Waals surface area contributed by atoms with Crippen molar-refractivity contribution in [2.24, 2.45) is 0 Å². The highest BCUT2D eigenvalue weighted by molar-refractivity contribution is 5.66. The summed E-state index contributed by atoms with van der Waals surface area (Å²) in [5.74, 6) is 1.02. The monoisotopic (exact) mass is 251 g/mol. The van der Waals surface area contributed by atoms with E-state index in [1.807, 2.05) is 27.7 Å². The first-order valence-corrected chi connectivity index (χ1v) is 6.13. The van der Waals surface area contributed by atoms with Crippen LogP contribution < -0.4 is 5.32 Å². The van der Waals surface area contributed by atoms with Crippen LogP contribution in [0.5, 0.6) is 0 Å². The molecule has 100 valence electrons. The lowest BCUT2D eigenvalue weighted by molar-refractivity contribution is -0.137. The van der Waals surface area contributed by atoms with E-state index in [4.69, 9.17) is 5.11 Å². The zero-order chi connectivity index (χ0) is 13.8. The molecule has 0 aromatic carbocycles. The lowest BCUT2D eigenvalue weighted by atomic mass is 9.98. The van der Waals surface area contributed by atoms with Crippen LogP contribution in [0.25, 0.3) is 0 Å². The van der Waals surface area contributed by atoms with Crippen LogP contribution in [0.15, 0.2) is 12.3 Å². The van der Waals surface area contributed by atoms with Crippen LogP contribution in [-0.4, -0.2) is 26.6 Å². The highest BCUT2D eigenvalue weighted by Gasteiger charge is 2.19. The quantitative estimate of drug-likeness (QED) is 0.813. The van der Waals surface area contributed by atoms with E-state index >= 15 is 0 Å². The summed E-state index contributed by atoms with van der Waals surface area (Å²) < 4.78 is 0. The molecular weight excluding hydrogens is 230 g/mol. The Morgan fingerprint density at radius 2 is 2.17 bits per heavy atom. The first-order chi connectivity index (χ1) is 8.30. The minimum atomic E-state index is -0.782. The van der Waals surface area contributed by atoms with Crippen molar-refractivity contribution in [3.63, 3.8) is 0 Å². The van der Waals surface area contributed by atoms with Crippen LogP contribution in [0.3, 0.4) is 0 Å². The van der Waals surface area contributed by atoms with E-state index in [0.717, 1.165) is 11.6 Å². The van der Waals surface area contributed by atoms with Crippen LogP contribution in [0.1, 0.15) is 52.3 Å². The van der Waals surface area contributed by atoms with Crippen LogP contribution >= 0.6 is 0 Å². The van der Waals surface area contributed by atoms with Gasteiger partial charge in [-0.05, 0) is 26.3 Å². The molecule has 0 saturated carbocycles. The minimum absolute atomic E-state index is 0.141. The van der Waals surface area contributed by atoms with Gasteiger partial charge in [0.05, 0.1) is 0 Å². The second kappa shape index (κ2) is 5.80. The van der Waals surface area contributed by atoms with Gasteiger partial charge in [-0.25, -0.2) is 9.97 Å². The Hall–Kier alpha value is -1.65. The van der Waals surface area contributed by atoms with Crippen molar-refractivity contribution in [3.05, 3.63) is 18.1 Å². The van der Waals surface area contributed by atoms with E-state index < -0.39 is 5.97 Å². The minimum Gasteiger partial charge on any atom is -0.481 e. The van der Waals surface area contributed by atoms with Gasteiger partial charge in [0.1, 0.15) is 11.6 Å². The Balaban J connectivity index is 2.71. The van der Waals surface area contributed by atoms with Crippen LogP contribution in [-0.2, 0) is 4.79 Å². The molecule has 1 aromatic heterocycles. The maximum Gasteiger partial charge on any atom is 0.303 e. The fourth-order valence-electron chi connectivity index (χ4n) is 1.55. The second-order valence-corrected chi connectivity index (χ2v) is 5.36. The molecule has 0 aliphatic carbocycles. The standard InChI is InChI=1S/C13H21N3O2/c1-9(2)12-14-8-6-10(15-12)16-13(3,4)7-5-11(17)18/h6,8-9H,5,7H2,1-4H3,(H,17,18)(H,14,15,16). The van der Waals surface area contributed by atoms with Gasteiger partial charge in [0.15, 0.2) is 0 Å². The predicted octanol–water partition coefficient (Wildman–Crippen LogP) is 2.66. The number of nitrogens with one attached hydrogen (secondary N) is 1. The summed E-state index contributed by atoms with van der Waals surface area (Å²) in [6, 6.07) is 1.80. The Morgan fingerprint density at radius 1 is 1.50 bits per heavy atom. The van der Waals surface area contributed by atoms with Crippen molar-refractivity contribution >= 4 is 11.8 Å². The van der Waals surface area contributed by atoms with Crippen LogP contribution in [0.2, 0.25) is 0 Å². The van der Waals surface area contributed by atoms with E-state index in [-0.39, 0.29) is 17.9 Å². The zero-order valence-electron chi connectivity index (χ0n) is 11.4. The van der Waals surface area contributed by atoms with Gasteiger partial charge in [-0.2, -0.15) is 0 Å². The molecule has 0 bridgehead atoms. The largest absolute Gasteiger partial charge is 0.481 e. The van der Waals surface area contributed by atoms with Crippen molar-refractivity contribution in [1.29, 1.82) is 0 Å². The summed E-state index contributed by atoms with van der Waals surface area (Å²) in [4.78, 5) is 19.2. The summed E-state index contributed by atoms with van der Waals surface area (Å²) in [6.45, 7) is 8.00. The van der Waals surface area contributed by atoms with Crippen LogP contribution in [0.4, 0.5) is 5.82 Å². The number of hydrogen-bond acceptors (Lipinski definition) is 4. The number of hydrogen-bond donors (Lipinski definition) is 2. The molecule has 5 nitrogen and oxygen atoms in total. The second-order valence-electron chi connectivity index (χ2n) is 5.36. The predicted molar refractivity (Wildman–Crippen MR) is 70.7 cm³/mol. The average Bonchev–Trinajstić information content (AvgIpc) is 2.26. The number of carboxylic acids is 1. The van der Waals surface area contributed by atoms with Gasteiger partial charge >= 0.3 is 5.97 Å². The number of carbonyl (C=O) groups is 1. The number of aliphatic carboxylic acids is 1. The molecule has 1 rings (SSSR count). The third kappa shape index (κ3) is 4.69. The fourth-order valence-corrected chi connectivity index (χ4v) is 1.55. The first kappa shape index (κ1) is 14.4. The average molecular weight is 251 g/mol. The highest BCUT2D eigenvalue weighted by atomic mass is 16.4. The molecule has 2 N–H and O–H groups in total. The third-order valence-electron chi connectivity index (χ3n) is 2.62. The molecular formula is C13H21N3O2. The number of aromatic nitrogens is 2. The van der Waals surface area contributed by atoms with Crippen molar-refractivity contribution < 1.29 is 9.90 Å². The molecule has 1 heterocycles. The van der Waals surface area contributed by atoms with Crippen LogP contribution in [0, 0.1) is 0 Å². The van der Waals surface area contributed by atoms with Gasteiger partial charge in [-0.3, -0.25) is 4.79 Å². The van der Waals surface area contributed by atoms with Crippen molar-refractivity contribution in [2.45, 2.75) is 52.0 Å². The summed E-state index contributed by atoms with van der Waals surface area (Å²) in [5.41, 5.74) is -0.305. The molecule has 0 aliphatic rings. The molecule has 0 atom stereocenters. The van der Waals surface area contributed by atoms with E-state index in [2.05, 4.69) is 15.3 Å². The Bertz CT molecular complexity index is 416. The molecule has 1 aromatic rings. The first-order valence-electron chi connectivity index (χ1n) is 6.13. The molecule has 0 radical (unpaired) electrons. The number of rotatable bonds is 6. The Labute approximate surface area is 108 Å². The lowest BCUT2D eigenvalue weighted by Crippen LogP contribution is -2.32. The lowest BCUT2D eigenvalue weighted by Gasteiger charge is -2.26. The van der Waals surface area contributed by atoms with Gasteiger partial charge < -0.3 is 10.4 Å². The Kier molecular flexibility index (Phi) is 4.64. The number of carboxylic acid groups (broad SMARTS) is 1. The summed E-state index contributed by atoms with van der Waals surface area (Å²) >= 11 is 0. The Morgan fingerprint density at radius 3 is 2.72 bits per heavy atom. The van der Waals surface area contributed by atoms with Gasteiger partial charge in [-0.1, -0.05) is 13.8 Å². The van der Waals surface area contributed by atoms with E-state index in [0.29, 0.717) is 6.42 Å². The maximum atomic E-state index is 10.6. The summed E-state index contributed by atoms with van der Waals surface area (Å²) in [7, 11) is 0. The molecule has 0 unspecified atom stereocenters. The SMILES string of the molecule is CC(C)c1nccc(NC(C)(C)CCC(=O)O)n1. The molecule has 0 spiro atoms. The van der Waals surface area contributed by atoms with Crippen molar-refractivity contribution in [1.82, 2.24) is 9.97 Å². The number of nitrogens with zero attached hydrogens (tertiary/aromatic N) is 2. The third-order valence-corrected chi connectivity index (χ3v) is 2.62. The topological polar surface area (TPSA) is 75.1 Å². The number of anilines is 1. The van der Waals surface area contributed by atoms with Gasteiger partial charge in [0.25, 0.3) is 0 Å². The molecule has 0 saturated heterocycles. The van der Waals surface area contributed by atoms with Gasteiger partial charge in [0.2, 0.25) is 0 Å². The smallest absolute Gasteiger partial charge is 0.303 e. The summed E-state index contributed by atoms with van der Waals surface area (Å²) in [6.07, 6.45) is 2.41. The zero-order valence-corrected chi connectivity index (χ0v) is 11.4. The molecule has 5 heteroatoms.